The number of amides is 1. The lowest BCUT2D eigenvalue weighted by atomic mass is 10.6. The molecule has 0 aromatic rings. The molecule has 14 heavy (non-hydrogen) atoms. The molecule has 0 heterocycles. The highest BCUT2D eigenvalue weighted by molar-refractivity contribution is 5.82. The van der Waals surface area contributed by atoms with Gasteiger partial charge in [-0.25, -0.2) is 15.0 Å². The molecule has 0 aromatic carbocycles. The average Bonchev–Trinajstić information content (AvgIpc) is 2.15. The molecule has 0 fully saturated rings. The van der Waals surface area contributed by atoms with Crippen molar-refractivity contribution in [2.24, 2.45) is 5.73 Å². The summed E-state index contributed by atoms with van der Waals surface area (Å²) in [5, 5.41) is 0. The normalized spacial score (nSPS) is 10.3. The van der Waals surface area contributed by atoms with Crippen molar-refractivity contribution in [3.05, 3.63) is 11.9 Å². The Morgan fingerprint density at radius 2 is 2.07 bits per heavy atom. The van der Waals surface area contributed by atoms with Crippen molar-refractivity contribution in [2.75, 3.05) is 13.7 Å². The maximum absolute atomic E-state index is 10.7. The van der Waals surface area contributed by atoms with Crippen LogP contribution in [0.3, 0.4) is 0 Å². The Morgan fingerprint density at radius 1 is 1.43 bits per heavy atom. The number of methoxy groups -OCH3 is 1. The highest BCUT2D eigenvalue weighted by atomic mass is 16.6. The number of hydrogen-bond donors (Lipinski definition) is 3. The van der Waals surface area contributed by atoms with E-state index in [-0.39, 0.29) is 12.4 Å². The number of nitrogens with one attached hydrogen (secondary N) is 2. The third kappa shape index (κ3) is 5.70. The number of esters is 1. The molecule has 0 aliphatic carbocycles. The van der Waals surface area contributed by atoms with Crippen molar-refractivity contribution >= 4 is 12.1 Å². The molecule has 0 aliphatic heterocycles. The molecule has 0 rings (SSSR count). The van der Waals surface area contributed by atoms with E-state index in [4.69, 9.17) is 5.73 Å². The Kier molecular flexibility index (Phi) is 5.68. The van der Waals surface area contributed by atoms with E-state index in [1.807, 2.05) is 0 Å². The van der Waals surface area contributed by atoms with Gasteiger partial charge in [0.05, 0.1) is 19.8 Å². The fourth-order valence-corrected chi connectivity index (χ4v) is 0.512. The maximum atomic E-state index is 10.7. The highest BCUT2D eigenvalue weighted by Gasteiger charge is 2.00. The molecule has 1 amide bonds. The van der Waals surface area contributed by atoms with Crippen LogP contribution in [0.1, 0.15) is 6.92 Å². The Hall–Kier alpha value is -1.92. The molecular weight excluding hydrogens is 190 g/mol. The Balaban J connectivity index is 3.83. The van der Waals surface area contributed by atoms with Crippen LogP contribution in [0.15, 0.2) is 11.9 Å². The zero-order valence-electron chi connectivity index (χ0n) is 7.99. The summed E-state index contributed by atoms with van der Waals surface area (Å²) >= 11 is 0. The third-order valence-corrected chi connectivity index (χ3v) is 1.06. The van der Waals surface area contributed by atoms with E-state index in [1.54, 1.807) is 6.92 Å². The standard InChI is InChI=1S/C7H13N3O4/c1-3-14-7(12)10-9-5(8)4-6(11)13-2/h4,9H,3,8H2,1-2H3,(H,10,12)/b5-4-. The molecule has 0 saturated carbocycles. The summed E-state index contributed by atoms with van der Waals surface area (Å²) in [5.74, 6) is -0.675. The van der Waals surface area contributed by atoms with Gasteiger partial charge in [0.2, 0.25) is 0 Å². The predicted octanol–water partition coefficient (Wildman–Crippen LogP) is -0.790. The second kappa shape index (κ2) is 6.58. The number of hydrogen-bond acceptors (Lipinski definition) is 6. The van der Waals surface area contributed by atoms with Crippen LogP contribution in [0.5, 0.6) is 0 Å². The molecular formula is C7H13N3O4. The van der Waals surface area contributed by atoms with E-state index >= 15 is 0 Å². The van der Waals surface area contributed by atoms with Crippen LogP contribution in [0.2, 0.25) is 0 Å². The number of ether oxygens (including phenoxy) is 2. The van der Waals surface area contributed by atoms with E-state index in [1.165, 1.54) is 7.11 Å². The van der Waals surface area contributed by atoms with Gasteiger partial charge in [0.15, 0.2) is 0 Å². The van der Waals surface area contributed by atoms with Crippen LogP contribution in [0, 0.1) is 0 Å². The molecule has 80 valence electrons. The van der Waals surface area contributed by atoms with Gasteiger partial charge in [-0.2, -0.15) is 0 Å². The number of carbonyl (C=O) groups is 2. The van der Waals surface area contributed by atoms with E-state index in [9.17, 15) is 9.59 Å². The summed E-state index contributed by atoms with van der Waals surface area (Å²) in [7, 11) is 1.21. The first-order chi connectivity index (χ1) is 6.60. The third-order valence-electron chi connectivity index (χ3n) is 1.06. The largest absolute Gasteiger partial charge is 0.466 e. The molecule has 0 unspecified atom stereocenters. The van der Waals surface area contributed by atoms with Gasteiger partial charge >= 0.3 is 12.1 Å². The number of rotatable bonds is 4. The van der Waals surface area contributed by atoms with Crippen LogP contribution >= 0.6 is 0 Å². The Bertz CT molecular complexity index is 239. The first-order valence-electron chi connectivity index (χ1n) is 3.84. The van der Waals surface area contributed by atoms with Crippen molar-refractivity contribution in [1.29, 1.82) is 0 Å². The van der Waals surface area contributed by atoms with E-state index < -0.39 is 12.1 Å². The lowest BCUT2D eigenvalue weighted by molar-refractivity contribution is -0.134. The second-order valence-corrected chi connectivity index (χ2v) is 2.09. The highest BCUT2D eigenvalue weighted by Crippen LogP contribution is 1.80. The molecule has 0 aromatic heterocycles. The Labute approximate surface area is 81.2 Å². The van der Waals surface area contributed by atoms with Gasteiger partial charge in [-0.1, -0.05) is 0 Å². The van der Waals surface area contributed by atoms with Gasteiger partial charge in [-0.05, 0) is 6.92 Å². The van der Waals surface area contributed by atoms with E-state index in [0.29, 0.717) is 0 Å². The zero-order valence-corrected chi connectivity index (χ0v) is 7.99. The van der Waals surface area contributed by atoms with Gasteiger partial charge in [0.1, 0.15) is 5.82 Å². The summed E-state index contributed by atoms with van der Waals surface area (Å²) < 4.78 is 8.81. The smallest absolute Gasteiger partial charge is 0.425 e. The molecule has 0 aliphatic rings. The van der Waals surface area contributed by atoms with E-state index in [2.05, 4.69) is 20.3 Å². The maximum Gasteiger partial charge on any atom is 0.425 e. The molecule has 0 atom stereocenters. The molecule has 0 bridgehead atoms. The number of hydrazine groups is 1. The molecule has 0 radical (unpaired) electrons. The first kappa shape index (κ1) is 12.1. The van der Waals surface area contributed by atoms with Crippen LogP contribution in [-0.4, -0.2) is 25.8 Å². The molecule has 4 N–H and O–H groups in total. The van der Waals surface area contributed by atoms with Crippen molar-refractivity contribution in [3.63, 3.8) is 0 Å². The Morgan fingerprint density at radius 3 is 2.57 bits per heavy atom. The van der Waals surface area contributed by atoms with Gasteiger partial charge < -0.3 is 15.2 Å². The topological polar surface area (TPSA) is 103 Å². The lowest BCUT2D eigenvalue weighted by Crippen LogP contribution is -2.39. The summed E-state index contributed by atoms with van der Waals surface area (Å²) in [5.41, 5.74) is 9.62. The molecule has 0 spiro atoms. The van der Waals surface area contributed by atoms with Gasteiger partial charge in [0, 0.05) is 0 Å². The minimum atomic E-state index is -0.686. The predicted molar refractivity (Wildman–Crippen MR) is 47.6 cm³/mol. The molecule has 0 saturated heterocycles. The van der Waals surface area contributed by atoms with Crippen molar-refractivity contribution in [2.45, 2.75) is 6.92 Å². The number of nitrogens with two attached hydrogens (primary N) is 1. The summed E-state index contributed by atoms with van der Waals surface area (Å²) in [4.78, 5) is 21.3. The fraction of sp³-hybridized carbons (Fsp3) is 0.429. The average molecular weight is 203 g/mol. The summed E-state index contributed by atoms with van der Waals surface area (Å²) in [6, 6.07) is 0. The SMILES string of the molecule is CCOC(=O)NN/C(N)=C\C(=O)OC. The summed E-state index contributed by atoms with van der Waals surface area (Å²) in [6.07, 6.45) is 0.292. The lowest BCUT2D eigenvalue weighted by Gasteiger charge is -2.07. The van der Waals surface area contributed by atoms with Crippen molar-refractivity contribution < 1.29 is 19.1 Å². The van der Waals surface area contributed by atoms with Crippen LogP contribution in [0.25, 0.3) is 0 Å². The monoisotopic (exact) mass is 203 g/mol. The fourth-order valence-electron chi connectivity index (χ4n) is 0.512. The first-order valence-corrected chi connectivity index (χ1v) is 3.84. The van der Waals surface area contributed by atoms with Gasteiger partial charge in [-0.15, -0.1) is 0 Å². The minimum absolute atomic E-state index is 0.0510. The second-order valence-electron chi connectivity index (χ2n) is 2.09. The van der Waals surface area contributed by atoms with Gasteiger partial charge in [0.25, 0.3) is 0 Å². The quantitative estimate of drug-likeness (QED) is 0.314. The van der Waals surface area contributed by atoms with Crippen LogP contribution in [-0.2, 0) is 14.3 Å². The van der Waals surface area contributed by atoms with Gasteiger partial charge in [-0.3, -0.25) is 5.43 Å². The van der Waals surface area contributed by atoms with E-state index in [0.717, 1.165) is 6.08 Å². The van der Waals surface area contributed by atoms with Crippen LogP contribution in [0.4, 0.5) is 4.79 Å². The minimum Gasteiger partial charge on any atom is -0.466 e. The zero-order chi connectivity index (χ0) is 11.0. The molecule has 7 nitrogen and oxygen atoms in total. The summed E-state index contributed by atoms with van der Waals surface area (Å²) in [6.45, 7) is 1.90. The van der Waals surface area contributed by atoms with Crippen LogP contribution < -0.4 is 16.6 Å². The van der Waals surface area contributed by atoms with Crippen molar-refractivity contribution in [1.82, 2.24) is 10.9 Å². The molecule has 7 heteroatoms. The van der Waals surface area contributed by atoms with Crippen molar-refractivity contribution in [3.8, 4) is 0 Å². The number of carbonyl (C=O) groups excluding carboxylic acids is 2.